The van der Waals surface area contributed by atoms with Gasteiger partial charge in [-0.2, -0.15) is 9.78 Å². The summed E-state index contributed by atoms with van der Waals surface area (Å²) in [5, 5.41) is 3.88. The van der Waals surface area contributed by atoms with Gasteiger partial charge in [-0.25, -0.2) is 9.78 Å². The van der Waals surface area contributed by atoms with Crippen molar-refractivity contribution < 1.29 is 4.79 Å². The van der Waals surface area contributed by atoms with Crippen molar-refractivity contribution in [3.05, 3.63) is 12.7 Å². The van der Waals surface area contributed by atoms with Gasteiger partial charge >= 0.3 is 6.03 Å². The molecule has 2 fully saturated rings. The summed E-state index contributed by atoms with van der Waals surface area (Å²) < 4.78 is 1.30. The second-order valence-electron chi connectivity index (χ2n) is 5.85. The molecule has 0 atom stereocenters. The number of hydrogen-bond acceptors (Lipinski definition) is 5. The normalized spacial score (nSPS) is 22.2. The molecule has 0 N–H and O–H groups in total. The Morgan fingerprint density at radius 1 is 1.20 bits per heavy atom. The summed E-state index contributed by atoms with van der Waals surface area (Å²) in [5.74, 6) is 0. The lowest BCUT2D eigenvalue weighted by atomic mass is 10.1. The second-order valence-corrected chi connectivity index (χ2v) is 5.85. The Bertz CT molecular complexity index is 445. The van der Waals surface area contributed by atoms with Gasteiger partial charge in [-0.3, -0.25) is 9.80 Å². The monoisotopic (exact) mass is 278 g/mol. The number of piperazine rings is 1. The molecule has 2 aliphatic rings. The molecule has 3 heterocycles. The molecule has 0 bridgehead atoms. The molecule has 1 amide bonds. The van der Waals surface area contributed by atoms with E-state index in [9.17, 15) is 4.79 Å². The predicted octanol–water partition coefficient (Wildman–Crippen LogP) is -0.0436. The van der Waals surface area contributed by atoms with Crippen LogP contribution in [0.25, 0.3) is 0 Å². The van der Waals surface area contributed by atoms with Crippen molar-refractivity contribution in [1.82, 2.24) is 29.5 Å². The lowest BCUT2D eigenvalue weighted by molar-refractivity contribution is 0.0159. The highest BCUT2D eigenvalue weighted by molar-refractivity contribution is 5.76. The molecule has 0 spiro atoms. The largest absolute Gasteiger partial charge is 0.346 e. The number of carbonyl (C=O) groups is 1. The fourth-order valence-corrected chi connectivity index (χ4v) is 2.91. The molecule has 7 nitrogen and oxygen atoms in total. The number of aromatic nitrogens is 3. The quantitative estimate of drug-likeness (QED) is 0.759. The summed E-state index contributed by atoms with van der Waals surface area (Å²) in [5.41, 5.74) is 0. The zero-order valence-corrected chi connectivity index (χ0v) is 12.1. The SMILES string of the molecule is CC(C)N1CCN(C2CN(C(=O)n3cncn3)C2)CC1. The molecular weight excluding hydrogens is 256 g/mol. The molecule has 1 aromatic rings. The summed E-state index contributed by atoms with van der Waals surface area (Å²) in [4.78, 5) is 22.7. The molecule has 20 heavy (non-hydrogen) atoms. The first-order chi connectivity index (χ1) is 9.65. The lowest BCUT2D eigenvalue weighted by Crippen LogP contribution is -2.65. The Morgan fingerprint density at radius 2 is 1.90 bits per heavy atom. The van der Waals surface area contributed by atoms with Crippen LogP contribution in [0, 0.1) is 0 Å². The van der Waals surface area contributed by atoms with E-state index in [4.69, 9.17) is 0 Å². The van der Waals surface area contributed by atoms with E-state index in [2.05, 4.69) is 33.7 Å². The van der Waals surface area contributed by atoms with Crippen LogP contribution >= 0.6 is 0 Å². The molecule has 0 aliphatic carbocycles. The molecule has 2 saturated heterocycles. The van der Waals surface area contributed by atoms with E-state index < -0.39 is 0 Å². The molecule has 1 aromatic heterocycles. The molecule has 0 aromatic carbocycles. The van der Waals surface area contributed by atoms with Crippen LogP contribution in [0.2, 0.25) is 0 Å². The topological polar surface area (TPSA) is 57.5 Å². The minimum absolute atomic E-state index is 0.0698. The zero-order chi connectivity index (χ0) is 14.1. The molecule has 0 saturated carbocycles. The highest BCUT2D eigenvalue weighted by Crippen LogP contribution is 2.18. The molecule has 110 valence electrons. The fraction of sp³-hybridized carbons (Fsp3) is 0.769. The van der Waals surface area contributed by atoms with E-state index >= 15 is 0 Å². The highest BCUT2D eigenvalue weighted by Gasteiger charge is 2.36. The fourth-order valence-electron chi connectivity index (χ4n) is 2.91. The van der Waals surface area contributed by atoms with Gasteiger partial charge in [0.2, 0.25) is 0 Å². The Kier molecular flexibility index (Phi) is 3.71. The third-order valence-electron chi connectivity index (χ3n) is 4.34. The van der Waals surface area contributed by atoms with Gasteiger partial charge in [-0.15, -0.1) is 0 Å². The highest BCUT2D eigenvalue weighted by atomic mass is 16.2. The van der Waals surface area contributed by atoms with Crippen LogP contribution in [0.5, 0.6) is 0 Å². The Balaban J connectivity index is 1.46. The number of nitrogens with zero attached hydrogens (tertiary/aromatic N) is 6. The summed E-state index contributed by atoms with van der Waals surface area (Å²) in [6.45, 7) is 10.6. The summed E-state index contributed by atoms with van der Waals surface area (Å²) >= 11 is 0. The van der Waals surface area contributed by atoms with Crippen LogP contribution in [0.1, 0.15) is 13.8 Å². The van der Waals surface area contributed by atoms with Crippen LogP contribution in [0.15, 0.2) is 12.7 Å². The van der Waals surface area contributed by atoms with E-state index in [-0.39, 0.29) is 6.03 Å². The molecule has 2 aliphatic heterocycles. The number of carbonyl (C=O) groups excluding carboxylic acids is 1. The van der Waals surface area contributed by atoms with Crippen molar-refractivity contribution in [1.29, 1.82) is 0 Å². The van der Waals surface area contributed by atoms with Gasteiger partial charge in [0.25, 0.3) is 0 Å². The second kappa shape index (κ2) is 5.49. The van der Waals surface area contributed by atoms with E-state index in [1.54, 1.807) is 0 Å². The van der Waals surface area contributed by atoms with Gasteiger partial charge in [0.05, 0.1) is 0 Å². The first-order valence-corrected chi connectivity index (χ1v) is 7.27. The number of amides is 1. The van der Waals surface area contributed by atoms with Gasteiger partial charge in [-0.05, 0) is 13.8 Å². The maximum Gasteiger partial charge on any atom is 0.346 e. The molecule has 0 unspecified atom stereocenters. The van der Waals surface area contributed by atoms with Gasteiger partial charge in [0.15, 0.2) is 0 Å². The van der Waals surface area contributed by atoms with Crippen LogP contribution in [0.3, 0.4) is 0 Å². The molecular formula is C13H22N6O. The third-order valence-corrected chi connectivity index (χ3v) is 4.34. The lowest BCUT2D eigenvalue weighted by Gasteiger charge is -2.48. The standard InChI is InChI=1S/C13H22N6O/c1-11(2)16-3-5-17(6-4-16)12-7-18(8-12)13(20)19-10-14-9-15-19/h9-12H,3-8H2,1-2H3. The van der Waals surface area contributed by atoms with Crippen molar-refractivity contribution in [2.24, 2.45) is 0 Å². The van der Waals surface area contributed by atoms with Crippen molar-refractivity contribution >= 4 is 6.03 Å². The van der Waals surface area contributed by atoms with Crippen molar-refractivity contribution in [2.75, 3.05) is 39.3 Å². The van der Waals surface area contributed by atoms with Crippen LogP contribution in [-0.2, 0) is 0 Å². The number of rotatable bonds is 2. The van der Waals surface area contributed by atoms with E-state index in [0.717, 1.165) is 39.3 Å². The molecule has 3 rings (SSSR count). The van der Waals surface area contributed by atoms with E-state index in [0.29, 0.717) is 12.1 Å². The minimum atomic E-state index is -0.0698. The maximum atomic E-state index is 12.0. The van der Waals surface area contributed by atoms with Gasteiger partial charge in [-0.1, -0.05) is 0 Å². The minimum Gasteiger partial charge on any atom is -0.320 e. The Morgan fingerprint density at radius 3 is 2.45 bits per heavy atom. The van der Waals surface area contributed by atoms with Crippen molar-refractivity contribution in [3.63, 3.8) is 0 Å². The smallest absolute Gasteiger partial charge is 0.320 e. The average molecular weight is 278 g/mol. The number of likely N-dealkylation sites (tertiary alicyclic amines) is 1. The maximum absolute atomic E-state index is 12.0. The van der Waals surface area contributed by atoms with Gasteiger partial charge < -0.3 is 4.90 Å². The third kappa shape index (κ3) is 2.55. The molecule has 0 radical (unpaired) electrons. The number of hydrogen-bond donors (Lipinski definition) is 0. The van der Waals surface area contributed by atoms with E-state index in [1.165, 1.54) is 17.3 Å². The van der Waals surface area contributed by atoms with Crippen molar-refractivity contribution in [2.45, 2.75) is 25.9 Å². The summed E-state index contributed by atoms with van der Waals surface area (Å²) in [6.07, 6.45) is 2.84. The first-order valence-electron chi connectivity index (χ1n) is 7.27. The Hall–Kier alpha value is -1.47. The summed E-state index contributed by atoms with van der Waals surface area (Å²) in [7, 11) is 0. The van der Waals surface area contributed by atoms with Crippen molar-refractivity contribution in [3.8, 4) is 0 Å². The van der Waals surface area contributed by atoms with Gasteiger partial charge in [0, 0.05) is 51.4 Å². The predicted molar refractivity (Wildman–Crippen MR) is 74.5 cm³/mol. The van der Waals surface area contributed by atoms with Crippen LogP contribution in [-0.4, -0.2) is 86.8 Å². The Labute approximate surface area is 119 Å². The van der Waals surface area contributed by atoms with E-state index in [1.807, 2.05) is 4.90 Å². The van der Waals surface area contributed by atoms with Gasteiger partial charge in [0.1, 0.15) is 12.7 Å². The van der Waals surface area contributed by atoms with Crippen LogP contribution in [0.4, 0.5) is 4.79 Å². The van der Waals surface area contributed by atoms with Crippen LogP contribution < -0.4 is 0 Å². The summed E-state index contributed by atoms with van der Waals surface area (Å²) in [6, 6.07) is 1.07. The average Bonchev–Trinajstić information content (AvgIpc) is 2.91. The zero-order valence-electron chi connectivity index (χ0n) is 12.1. The first kappa shape index (κ1) is 13.5. The molecule has 7 heteroatoms.